The van der Waals surface area contributed by atoms with Crippen LogP contribution in [-0.2, 0) is 16.4 Å². The highest BCUT2D eigenvalue weighted by molar-refractivity contribution is 9.10. The third-order valence-electron chi connectivity index (χ3n) is 5.24. The van der Waals surface area contributed by atoms with E-state index in [0.717, 1.165) is 37.9 Å². The fourth-order valence-electron chi connectivity index (χ4n) is 3.64. The van der Waals surface area contributed by atoms with Crippen LogP contribution in [0.1, 0.15) is 25.3 Å². The van der Waals surface area contributed by atoms with Crippen LogP contribution in [0, 0.1) is 5.82 Å². The standard InChI is InChI=1S/C21H22BrFN2O3S/c1-2-14-3-5-17(12-21(14)28-16-7-9-24-10-8-16)29(26,27)25-13-19(22)18-11-15(23)4-6-20(18)25/h3-6,11-13,16,24H,2,7-10H2,1H3. The smallest absolute Gasteiger partial charge is 0.268 e. The molecule has 0 atom stereocenters. The number of piperidine rings is 1. The zero-order valence-electron chi connectivity index (χ0n) is 16.0. The topological polar surface area (TPSA) is 60.3 Å². The van der Waals surface area contributed by atoms with Gasteiger partial charge in [0.25, 0.3) is 10.0 Å². The van der Waals surface area contributed by atoms with Crippen LogP contribution in [0.15, 0.2) is 52.0 Å². The lowest BCUT2D eigenvalue weighted by Crippen LogP contribution is -2.34. The Kier molecular flexibility index (Phi) is 5.68. The molecule has 154 valence electrons. The molecule has 1 aliphatic heterocycles. The van der Waals surface area contributed by atoms with Gasteiger partial charge in [-0.3, -0.25) is 0 Å². The molecule has 2 heterocycles. The molecule has 0 aliphatic carbocycles. The largest absolute Gasteiger partial charge is 0.490 e. The first kappa shape index (κ1) is 20.4. The average molecular weight is 481 g/mol. The van der Waals surface area contributed by atoms with Gasteiger partial charge in [-0.1, -0.05) is 13.0 Å². The van der Waals surface area contributed by atoms with Gasteiger partial charge in [0.15, 0.2) is 0 Å². The molecule has 0 amide bonds. The maximum absolute atomic E-state index is 13.6. The first-order valence-electron chi connectivity index (χ1n) is 9.62. The van der Waals surface area contributed by atoms with Gasteiger partial charge in [0.05, 0.1) is 10.4 Å². The Labute approximate surface area is 178 Å². The molecule has 0 radical (unpaired) electrons. The van der Waals surface area contributed by atoms with Crippen LogP contribution in [0.3, 0.4) is 0 Å². The second-order valence-electron chi connectivity index (χ2n) is 7.13. The summed E-state index contributed by atoms with van der Waals surface area (Å²) in [5.41, 5.74) is 1.39. The van der Waals surface area contributed by atoms with E-state index in [1.807, 2.05) is 13.0 Å². The molecule has 1 aromatic heterocycles. The molecule has 3 aromatic rings. The lowest BCUT2D eigenvalue weighted by Gasteiger charge is -2.25. The van der Waals surface area contributed by atoms with Crippen LogP contribution in [-0.4, -0.2) is 31.6 Å². The van der Waals surface area contributed by atoms with Gasteiger partial charge < -0.3 is 10.1 Å². The van der Waals surface area contributed by atoms with E-state index in [9.17, 15) is 12.8 Å². The maximum atomic E-state index is 13.6. The molecule has 0 spiro atoms. The minimum absolute atomic E-state index is 0.0732. The summed E-state index contributed by atoms with van der Waals surface area (Å²) in [6.07, 6.45) is 4.06. The Morgan fingerprint density at radius 3 is 2.69 bits per heavy atom. The zero-order valence-corrected chi connectivity index (χ0v) is 18.4. The van der Waals surface area contributed by atoms with Gasteiger partial charge in [0, 0.05) is 22.1 Å². The Morgan fingerprint density at radius 2 is 1.97 bits per heavy atom. The predicted molar refractivity (Wildman–Crippen MR) is 115 cm³/mol. The van der Waals surface area contributed by atoms with Crippen molar-refractivity contribution in [1.82, 2.24) is 9.29 Å². The van der Waals surface area contributed by atoms with Crippen LogP contribution in [0.4, 0.5) is 4.39 Å². The molecule has 0 unspecified atom stereocenters. The Hall–Kier alpha value is -1.90. The Morgan fingerprint density at radius 1 is 1.21 bits per heavy atom. The second kappa shape index (κ2) is 8.08. The molecule has 8 heteroatoms. The molecule has 4 rings (SSSR count). The van der Waals surface area contributed by atoms with Crippen LogP contribution >= 0.6 is 15.9 Å². The van der Waals surface area contributed by atoms with E-state index in [1.54, 1.807) is 12.1 Å². The number of rotatable bonds is 5. The highest BCUT2D eigenvalue weighted by Crippen LogP contribution is 2.32. The summed E-state index contributed by atoms with van der Waals surface area (Å²) in [4.78, 5) is 0.146. The number of hydrogen-bond donors (Lipinski definition) is 1. The van der Waals surface area contributed by atoms with Crippen molar-refractivity contribution in [3.05, 3.63) is 58.4 Å². The molecular weight excluding hydrogens is 459 g/mol. The third kappa shape index (κ3) is 3.93. The Balaban J connectivity index is 1.76. The van der Waals surface area contributed by atoms with Crippen molar-refractivity contribution in [2.75, 3.05) is 13.1 Å². The summed E-state index contributed by atoms with van der Waals surface area (Å²) in [7, 11) is -3.87. The molecule has 1 fully saturated rings. The minimum Gasteiger partial charge on any atom is -0.490 e. The summed E-state index contributed by atoms with van der Waals surface area (Å²) in [6.45, 7) is 3.80. The molecule has 29 heavy (non-hydrogen) atoms. The second-order valence-corrected chi connectivity index (χ2v) is 9.80. The van der Waals surface area contributed by atoms with Gasteiger partial charge in [0.1, 0.15) is 17.7 Å². The normalized spacial score (nSPS) is 15.7. The fourth-order valence-corrected chi connectivity index (χ4v) is 5.68. The number of halogens is 2. The predicted octanol–water partition coefficient (Wildman–Crippen LogP) is 4.47. The van der Waals surface area contributed by atoms with Crippen molar-refractivity contribution in [1.29, 1.82) is 0 Å². The Bertz CT molecular complexity index is 1150. The quantitative estimate of drug-likeness (QED) is 0.584. The van der Waals surface area contributed by atoms with E-state index in [-0.39, 0.29) is 11.0 Å². The summed E-state index contributed by atoms with van der Waals surface area (Å²) < 4.78 is 48.2. The van der Waals surface area contributed by atoms with Gasteiger partial charge in [-0.15, -0.1) is 0 Å². The van der Waals surface area contributed by atoms with E-state index >= 15 is 0 Å². The lowest BCUT2D eigenvalue weighted by atomic mass is 10.1. The number of hydrogen-bond acceptors (Lipinski definition) is 4. The average Bonchev–Trinajstić information content (AvgIpc) is 3.05. The summed E-state index contributed by atoms with van der Waals surface area (Å²) >= 11 is 3.34. The molecular formula is C21H22BrFN2O3S. The highest BCUT2D eigenvalue weighted by atomic mass is 79.9. The number of fused-ring (bicyclic) bond motifs is 1. The summed E-state index contributed by atoms with van der Waals surface area (Å²) in [5, 5.41) is 3.80. The molecule has 1 N–H and O–H groups in total. The van der Waals surface area contributed by atoms with Crippen LogP contribution in [0.5, 0.6) is 5.75 Å². The number of nitrogens with zero attached hydrogens (tertiary/aromatic N) is 1. The van der Waals surface area contributed by atoms with Gasteiger partial charge in [-0.05, 0) is 78.1 Å². The molecule has 0 saturated carbocycles. The van der Waals surface area contributed by atoms with Crippen molar-refractivity contribution < 1.29 is 17.5 Å². The van der Waals surface area contributed by atoms with Gasteiger partial charge in [-0.25, -0.2) is 16.8 Å². The minimum atomic E-state index is -3.87. The van der Waals surface area contributed by atoms with Crippen molar-refractivity contribution in [2.45, 2.75) is 37.2 Å². The van der Waals surface area contributed by atoms with Crippen LogP contribution in [0.25, 0.3) is 10.9 Å². The first-order chi connectivity index (χ1) is 13.9. The lowest BCUT2D eigenvalue weighted by molar-refractivity contribution is 0.160. The van der Waals surface area contributed by atoms with E-state index in [2.05, 4.69) is 21.2 Å². The molecule has 1 saturated heterocycles. The SMILES string of the molecule is CCc1ccc(S(=O)(=O)n2cc(Br)c3cc(F)ccc32)cc1OC1CCNCC1. The van der Waals surface area contributed by atoms with Crippen molar-refractivity contribution >= 4 is 36.9 Å². The molecule has 2 aromatic carbocycles. The fraction of sp³-hybridized carbons (Fsp3) is 0.333. The number of nitrogens with one attached hydrogen (secondary N) is 1. The number of ether oxygens (including phenoxy) is 1. The monoisotopic (exact) mass is 480 g/mol. The molecule has 1 aliphatic rings. The number of benzene rings is 2. The number of aryl methyl sites for hydroxylation is 1. The molecule has 0 bridgehead atoms. The zero-order chi connectivity index (χ0) is 20.6. The van der Waals surface area contributed by atoms with E-state index < -0.39 is 15.8 Å². The maximum Gasteiger partial charge on any atom is 0.268 e. The van der Waals surface area contributed by atoms with Crippen LogP contribution in [0.2, 0.25) is 0 Å². The number of aromatic nitrogens is 1. The third-order valence-corrected chi connectivity index (χ3v) is 7.54. The molecule has 5 nitrogen and oxygen atoms in total. The van der Waals surface area contributed by atoms with E-state index in [0.29, 0.717) is 21.1 Å². The summed E-state index contributed by atoms with van der Waals surface area (Å²) in [6, 6.07) is 9.07. The highest BCUT2D eigenvalue weighted by Gasteiger charge is 2.23. The van der Waals surface area contributed by atoms with Gasteiger partial charge in [0.2, 0.25) is 0 Å². The van der Waals surface area contributed by atoms with Crippen LogP contribution < -0.4 is 10.1 Å². The van der Waals surface area contributed by atoms with Gasteiger partial charge in [-0.2, -0.15) is 0 Å². The van der Waals surface area contributed by atoms with Crippen molar-refractivity contribution in [2.24, 2.45) is 0 Å². The summed E-state index contributed by atoms with van der Waals surface area (Å²) in [5.74, 6) is 0.195. The first-order valence-corrected chi connectivity index (χ1v) is 11.9. The van der Waals surface area contributed by atoms with E-state index in [4.69, 9.17) is 4.74 Å². The van der Waals surface area contributed by atoms with Crippen molar-refractivity contribution in [3.63, 3.8) is 0 Å². The van der Waals surface area contributed by atoms with Crippen molar-refractivity contribution in [3.8, 4) is 5.75 Å². The van der Waals surface area contributed by atoms with E-state index in [1.165, 1.54) is 28.4 Å². The van der Waals surface area contributed by atoms with Gasteiger partial charge >= 0.3 is 0 Å².